The third-order valence-corrected chi connectivity index (χ3v) is 1.84. The van der Waals surface area contributed by atoms with E-state index in [1.165, 1.54) is 0 Å². The molecule has 60 valence electrons. The van der Waals surface area contributed by atoms with Gasteiger partial charge >= 0.3 is 29.6 Å². The largest absolute Gasteiger partial charge is 1.00 e. The smallest absolute Gasteiger partial charge is 0.772 e. The zero-order valence-corrected chi connectivity index (χ0v) is 9.71. The SMILES string of the molecule is O=S([O-])CCc1ccncc1.[Na+]. The van der Waals surface area contributed by atoms with Gasteiger partial charge in [-0.2, -0.15) is 0 Å². The van der Waals surface area contributed by atoms with Crippen molar-refractivity contribution in [2.45, 2.75) is 6.42 Å². The maximum atomic E-state index is 10.2. The second-order valence-corrected chi connectivity index (χ2v) is 3.13. The fourth-order valence-electron chi connectivity index (χ4n) is 0.751. The maximum absolute atomic E-state index is 10.2. The summed E-state index contributed by atoms with van der Waals surface area (Å²) >= 11 is -1.94. The van der Waals surface area contributed by atoms with E-state index in [0.29, 0.717) is 6.42 Å². The maximum Gasteiger partial charge on any atom is 1.00 e. The van der Waals surface area contributed by atoms with Crippen molar-refractivity contribution in [3.63, 3.8) is 0 Å². The molecule has 1 atom stereocenters. The first-order valence-corrected chi connectivity index (χ1v) is 4.48. The second-order valence-electron chi connectivity index (χ2n) is 2.11. The summed E-state index contributed by atoms with van der Waals surface area (Å²) < 4.78 is 20.3. The van der Waals surface area contributed by atoms with Crippen LogP contribution in [0.3, 0.4) is 0 Å². The molecule has 0 bridgehead atoms. The Labute approximate surface area is 96.2 Å². The number of aryl methyl sites for hydroxylation is 1. The van der Waals surface area contributed by atoms with Gasteiger partial charge in [0.15, 0.2) is 0 Å². The first-order valence-electron chi connectivity index (χ1n) is 3.24. The molecule has 1 unspecified atom stereocenters. The second kappa shape index (κ2) is 6.74. The van der Waals surface area contributed by atoms with E-state index in [9.17, 15) is 8.76 Å². The number of hydrogen-bond acceptors (Lipinski definition) is 3. The quantitative estimate of drug-likeness (QED) is 0.394. The van der Waals surface area contributed by atoms with Gasteiger partial charge < -0.3 is 4.55 Å². The number of rotatable bonds is 3. The molecule has 0 amide bonds. The minimum Gasteiger partial charge on any atom is -0.772 e. The van der Waals surface area contributed by atoms with Crippen LogP contribution < -0.4 is 29.6 Å². The van der Waals surface area contributed by atoms with Crippen LogP contribution in [-0.4, -0.2) is 19.5 Å². The van der Waals surface area contributed by atoms with Gasteiger partial charge in [-0.1, -0.05) is 11.1 Å². The molecule has 1 aromatic rings. The van der Waals surface area contributed by atoms with Gasteiger partial charge in [-0.3, -0.25) is 9.19 Å². The van der Waals surface area contributed by atoms with E-state index in [2.05, 4.69) is 4.98 Å². The normalized spacial score (nSPS) is 11.8. The van der Waals surface area contributed by atoms with Crippen molar-refractivity contribution in [3.05, 3.63) is 30.1 Å². The predicted octanol–water partition coefficient (Wildman–Crippen LogP) is -2.49. The van der Waals surface area contributed by atoms with Crippen molar-refractivity contribution in [3.8, 4) is 0 Å². The van der Waals surface area contributed by atoms with Crippen molar-refractivity contribution in [2.24, 2.45) is 0 Å². The van der Waals surface area contributed by atoms with E-state index in [0.717, 1.165) is 5.56 Å². The van der Waals surface area contributed by atoms with Crippen LogP contribution in [0.25, 0.3) is 0 Å². The van der Waals surface area contributed by atoms with Gasteiger partial charge in [-0.05, 0) is 24.1 Å². The van der Waals surface area contributed by atoms with Crippen LogP contribution in [0.1, 0.15) is 5.56 Å². The van der Waals surface area contributed by atoms with Gasteiger partial charge in [-0.25, -0.2) is 0 Å². The summed E-state index contributed by atoms with van der Waals surface area (Å²) in [6, 6.07) is 3.62. The first-order chi connectivity index (χ1) is 5.29. The average molecular weight is 193 g/mol. The molecule has 1 heterocycles. The van der Waals surface area contributed by atoms with Crippen LogP contribution in [0, 0.1) is 0 Å². The van der Waals surface area contributed by atoms with Crippen LogP contribution in [-0.2, 0) is 17.5 Å². The molecule has 12 heavy (non-hydrogen) atoms. The van der Waals surface area contributed by atoms with E-state index >= 15 is 0 Å². The molecule has 3 nitrogen and oxygen atoms in total. The molecule has 1 aromatic heterocycles. The van der Waals surface area contributed by atoms with E-state index in [1.54, 1.807) is 12.4 Å². The number of pyridine rings is 1. The van der Waals surface area contributed by atoms with Crippen molar-refractivity contribution >= 4 is 11.1 Å². The van der Waals surface area contributed by atoms with E-state index in [-0.39, 0.29) is 35.3 Å². The molecule has 0 saturated heterocycles. The van der Waals surface area contributed by atoms with Gasteiger partial charge in [0.05, 0.1) is 0 Å². The first kappa shape index (κ1) is 12.3. The minimum atomic E-state index is -1.94. The van der Waals surface area contributed by atoms with Crippen LogP contribution in [0.5, 0.6) is 0 Å². The van der Waals surface area contributed by atoms with Crippen molar-refractivity contribution in [2.75, 3.05) is 5.75 Å². The number of nitrogens with zero attached hydrogens (tertiary/aromatic N) is 1. The summed E-state index contributed by atoms with van der Waals surface area (Å²) in [5.41, 5.74) is 1.00. The molecule has 0 aromatic carbocycles. The van der Waals surface area contributed by atoms with E-state index < -0.39 is 11.1 Å². The Hall–Kier alpha value is 0.260. The Kier molecular flexibility index (Phi) is 6.89. The molecule has 0 N–H and O–H groups in total. The Morgan fingerprint density at radius 2 is 2.00 bits per heavy atom. The molecule has 0 radical (unpaired) electrons. The molecule has 0 fully saturated rings. The van der Waals surface area contributed by atoms with Crippen molar-refractivity contribution in [1.82, 2.24) is 4.98 Å². The molecule has 0 aliphatic rings. The van der Waals surface area contributed by atoms with Gasteiger partial charge in [0.1, 0.15) is 0 Å². The van der Waals surface area contributed by atoms with E-state index in [1.807, 2.05) is 12.1 Å². The summed E-state index contributed by atoms with van der Waals surface area (Å²) in [6.45, 7) is 0. The van der Waals surface area contributed by atoms with Crippen LogP contribution in [0.4, 0.5) is 0 Å². The van der Waals surface area contributed by atoms with Gasteiger partial charge in [0, 0.05) is 18.1 Å². The number of aromatic nitrogens is 1. The summed E-state index contributed by atoms with van der Waals surface area (Å²) in [4.78, 5) is 3.82. The molecule has 0 aliphatic heterocycles. The van der Waals surface area contributed by atoms with Gasteiger partial charge in [0.2, 0.25) is 0 Å². The third kappa shape index (κ3) is 5.00. The Morgan fingerprint density at radius 1 is 1.42 bits per heavy atom. The summed E-state index contributed by atoms with van der Waals surface area (Å²) in [7, 11) is 0. The van der Waals surface area contributed by atoms with Crippen molar-refractivity contribution < 1.29 is 38.3 Å². The molecule has 0 spiro atoms. The molecule has 5 heteroatoms. The Morgan fingerprint density at radius 3 is 2.50 bits per heavy atom. The van der Waals surface area contributed by atoms with E-state index in [4.69, 9.17) is 0 Å². The summed E-state index contributed by atoms with van der Waals surface area (Å²) in [6.07, 6.45) is 3.88. The Balaban J connectivity index is 0.00000121. The standard InChI is InChI=1S/C7H9NO2S.Na/c9-11(10)6-3-7-1-4-8-5-2-7;/h1-2,4-5H,3,6H2,(H,9,10);/q;+1/p-1. The van der Waals surface area contributed by atoms with Crippen LogP contribution >= 0.6 is 0 Å². The van der Waals surface area contributed by atoms with Crippen LogP contribution in [0.15, 0.2) is 24.5 Å². The van der Waals surface area contributed by atoms with Gasteiger partial charge in [0.25, 0.3) is 0 Å². The zero-order valence-electron chi connectivity index (χ0n) is 6.90. The van der Waals surface area contributed by atoms with Crippen LogP contribution in [0.2, 0.25) is 0 Å². The average Bonchev–Trinajstić information content (AvgIpc) is 2.03. The fourth-order valence-corrected chi connectivity index (χ4v) is 1.15. The summed E-state index contributed by atoms with van der Waals surface area (Å²) in [5, 5.41) is 0. The summed E-state index contributed by atoms with van der Waals surface area (Å²) in [5.74, 6) is 0.185. The molecule has 0 aliphatic carbocycles. The number of hydrogen-bond donors (Lipinski definition) is 0. The van der Waals surface area contributed by atoms with Gasteiger partial charge in [-0.15, -0.1) is 0 Å². The van der Waals surface area contributed by atoms with Crippen molar-refractivity contribution in [1.29, 1.82) is 0 Å². The molecular weight excluding hydrogens is 185 g/mol. The molecule has 1 rings (SSSR count). The molecule has 0 saturated carbocycles. The predicted molar refractivity (Wildman–Crippen MR) is 41.7 cm³/mol. The molecular formula is C7H8NNaO2S. The zero-order chi connectivity index (χ0) is 8.10. The minimum absolute atomic E-state index is 0. The fraction of sp³-hybridized carbons (Fsp3) is 0.286. The third-order valence-electron chi connectivity index (χ3n) is 1.31. The monoisotopic (exact) mass is 193 g/mol. The Bertz CT molecular complexity index is 242. The topological polar surface area (TPSA) is 53.0 Å².